The molecule has 2 rings (SSSR count). The maximum Gasteiger partial charge on any atom is 0.259 e. The van der Waals surface area contributed by atoms with Gasteiger partial charge in [-0.15, -0.1) is 0 Å². The van der Waals surface area contributed by atoms with E-state index < -0.39 is 11.3 Å². The van der Waals surface area contributed by atoms with Gasteiger partial charge < -0.3 is 0 Å². The third kappa shape index (κ3) is 4.15. The average Bonchev–Trinajstić information content (AvgIpc) is 2.46. The minimum absolute atomic E-state index is 0.0655. The molecule has 0 fully saturated rings. The molecular weight excluding hydrogens is 274 g/mol. The Balaban J connectivity index is 2.04. The van der Waals surface area contributed by atoms with Gasteiger partial charge in [0.25, 0.3) is 11.3 Å². The van der Waals surface area contributed by atoms with Crippen LogP contribution in [0.15, 0.2) is 60.7 Å². The van der Waals surface area contributed by atoms with Gasteiger partial charge in [0.2, 0.25) is 0 Å². The first kappa shape index (κ1) is 14.2. The van der Waals surface area contributed by atoms with Gasteiger partial charge >= 0.3 is 0 Å². The SMILES string of the molecule is O=C(C=Cc1ccc(NS(=O)O)cc1)c1ccccc1. The highest BCUT2D eigenvalue weighted by Crippen LogP contribution is 2.11. The highest BCUT2D eigenvalue weighted by molar-refractivity contribution is 7.80. The lowest BCUT2D eigenvalue weighted by atomic mass is 10.1. The van der Waals surface area contributed by atoms with Gasteiger partial charge in [0.15, 0.2) is 5.78 Å². The Hall–Kier alpha value is -2.24. The van der Waals surface area contributed by atoms with Crippen LogP contribution in [0.1, 0.15) is 15.9 Å². The molecular formula is C15H13NO3S. The van der Waals surface area contributed by atoms with Crippen LogP contribution in [0.3, 0.4) is 0 Å². The molecule has 1 atom stereocenters. The van der Waals surface area contributed by atoms with Crippen LogP contribution in [0.25, 0.3) is 6.08 Å². The second-order valence-corrected chi connectivity index (χ2v) is 4.74. The molecule has 0 spiro atoms. The number of hydrogen-bond donors (Lipinski definition) is 2. The molecule has 0 saturated heterocycles. The van der Waals surface area contributed by atoms with Crippen LogP contribution in [-0.4, -0.2) is 14.5 Å². The quantitative estimate of drug-likeness (QED) is 0.504. The molecule has 1 unspecified atom stereocenters. The van der Waals surface area contributed by atoms with Crippen LogP contribution in [0.2, 0.25) is 0 Å². The Kier molecular flexibility index (Phi) is 4.81. The maximum atomic E-state index is 11.9. The number of rotatable bonds is 5. The Morgan fingerprint density at radius 1 is 1.05 bits per heavy atom. The lowest BCUT2D eigenvalue weighted by molar-refractivity contribution is 0.104. The monoisotopic (exact) mass is 287 g/mol. The van der Waals surface area contributed by atoms with Crippen LogP contribution in [0.4, 0.5) is 5.69 Å². The maximum absolute atomic E-state index is 11.9. The number of anilines is 1. The van der Waals surface area contributed by atoms with E-state index in [-0.39, 0.29) is 5.78 Å². The normalized spacial score (nSPS) is 12.2. The van der Waals surface area contributed by atoms with Gasteiger partial charge in [0, 0.05) is 11.3 Å². The molecule has 2 aromatic rings. The van der Waals surface area contributed by atoms with Crippen molar-refractivity contribution in [1.82, 2.24) is 0 Å². The molecule has 0 aromatic heterocycles. The first-order valence-corrected chi connectivity index (χ1v) is 7.01. The summed E-state index contributed by atoms with van der Waals surface area (Å²) in [5.74, 6) is -0.0655. The fourth-order valence-corrected chi connectivity index (χ4v) is 1.97. The summed E-state index contributed by atoms with van der Waals surface area (Å²) < 4.78 is 21.6. The summed E-state index contributed by atoms with van der Waals surface area (Å²) >= 11 is -2.08. The third-order valence-corrected chi connectivity index (χ3v) is 3.01. The van der Waals surface area contributed by atoms with E-state index >= 15 is 0 Å². The van der Waals surface area contributed by atoms with Crippen molar-refractivity contribution >= 4 is 28.8 Å². The summed E-state index contributed by atoms with van der Waals surface area (Å²) in [4.78, 5) is 11.9. The smallest absolute Gasteiger partial charge is 0.259 e. The molecule has 0 heterocycles. The van der Waals surface area contributed by atoms with Crippen LogP contribution in [-0.2, 0) is 11.3 Å². The van der Waals surface area contributed by atoms with Gasteiger partial charge in [-0.1, -0.05) is 48.5 Å². The number of allylic oxidation sites excluding steroid dienone is 1. The molecule has 0 aliphatic rings. The fourth-order valence-electron chi connectivity index (χ4n) is 1.63. The first-order chi connectivity index (χ1) is 9.65. The zero-order chi connectivity index (χ0) is 14.4. The number of hydrogen-bond acceptors (Lipinski definition) is 2. The molecule has 0 radical (unpaired) electrons. The summed E-state index contributed by atoms with van der Waals surface area (Å²) in [6.45, 7) is 0. The molecule has 2 aromatic carbocycles. The van der Waals surface area contributed by atoms with E-state index in [4.69, 9.17) is 4.55 Å². The van der Waals surface area contributed by atoms with Crippen LogP contribution in [0, 0.1) is 0 Å². The summed E-state index contributed by atoms with van der Waals surface area (Å²) in [5.41, 5.74) is 2.01. The number of nitrogens with one attached hydrogen (secondary N) is 1. The van der Waals surface area contributed by atoms with Gasteiger partial charge in [-0.05, 0) is 23.8 Å². The van der Waals surface area contributed by atoms with Gasteiger partial charge in [-0.2, -0.15) is 0 Å². The van der Waals surface area contributed by atoms with Crippen molar-refractivity contribution in [3.63, 3.8) is 0 Å². The van der Waals surface area contributed by atoms with Crippen molar-refractivity contribution in [2.75, 3.05) is 4.72 Å². The lowest BCUT2D eigenvalue weighted by Gasteiger charge is -2.01. The van der Waals surface area contributed by atoms with E-state index in [0.717, 1.165) is 5.56 Å². The second-order valence-electron chi connectivity index (χ2n) is 4.04. The van der Waals surface area contributed by atoms with E-state index in [2.05, 4.69) is 4.72 Å². The van der Waals surface area contributed by atoms with Crippen molar-refractivity contribution in [1.29, 1.82) is 0 Å². The molecule has 0 amide bonds. The van der Waals surface area contributed by atoms with Crippen molar-refractivity contribution in [3.05, 3.63) is 71.8 Å². The van der Waals surface area contributed by atoms with E-state index in [1.165, 1.54) is 6.08 Å². The fraction of sp³-hybridized carbons (Fsp3) is 0. The van der Waals surface area contributed by atoms with Gasteiger partial charge in [-0.25, -0.2) is 4.21 Å². The standard InChI is InChI=1S/C15H13NO3S/c17-15(13-4-2-1-3-5-13)11-8-12-6-9-14(10-7-12)16-20(18)19/h1-11,16H,(H,18,19). The van der Waals surface area contributed by atoms with Crippen molar-refractivity contribution < 1.29 is 13.6 Å². The predicted molar refractivity (Wildman–Crippen MR) is 80.6 cm³/mol. The zero-order valence-corrected chi connectivity index (χ0v) is 11.3. The summed E-state index contributed by atoms with van der Waals surface area (Å²) in [7, 11) is 0. The molecule has 5 heteroatoms. The minimum Gasteiger partial charge on any atom is -0.289 e. The number of benzene rings is 2. The van der Waals surface area contributed by atoms with Crippen LogP contribution < -0.4 is 4.72 Å². The van der Waals surface area contributed by atoms with E-state index in [1.807, 2.05) is 18.2 Å². The Labute approximate surface area is 119 Å². The van der Waals surface area contributed by atoms with Gasteiger partial charge in [-0.3, -0.25) is 14.1 Å². The predicted octanol–water partition coefficient (Wildman–Crippen LogP) is 3.13. The summed E-state index contributed by atoms with van der Waals surface area (Å²) in [6.07, 6.45) is 3.21. The highest BCUT2D eigenvalue weighted by Gasteiger charge is 1.99. The average molecular weight is 287 g/mol. The topological polar surface area (TPSA) is 66.4 Å². The van der Waals surface area contributed by atoms with Crippen molar-refractivity contribution in [3.8, 4) is 0 Å². The molecule has 0 aliphatic heterocycles. The van der Waals surface area contributed by atoms with Gasteiger partial charge in [0.1, 0.15) is 0 Å². The molecule has 102 valence electrons. The Morgan fingerprint density at radius 3 is 2.30 bits per heavy atom. The zero-order valence-electron chi connectivity index (χ0n) is 10.5. The Morgan fingerprint density at radius 2 is 1.70 bits per heavy atom. The minimum atomic E-state index is -2.08. The second kappa shape index (κ2) is 6.79. The highest BCUT2D eigenvalue weighted by atomic mass is 32.2. The number of ketones is 1. The molecule has 20 heavy (non-hydrogen) atoms. The lowest BCUT2D eigenvalue weighted by Crippen LogP contribution is -2.01. The largest absolute Gasteiger partial charge is 0.289 e. The molecule has 2 N–H and O–H groups in total. The van der Waals surface area contributed by atoms with E-state index in [9.17, 15) is 9.00 Å². The van der Waals surface area contributed by atoms with Gasteiger partial charge in [0.05, 0.1) is 0 Å². The molecule has 0 aliphatic carbocycles. The third-order valence-electron chi connectivity index (χ3n) is 2.60. The van der Waals surface area contributed by atoms with E-state index in [1.54, 1.807) is 42.5 Å². The molecule has 0 saturated carbocycles. The summed E-state index contributed by atoms with van der Waals surface area (Å²) in [5, 5.41) is 0. The summed E-state index contributed by atoms with van der Waals surface area (Å²) in [6, 6.07) is 15.9. The first-order valence-electron chi connectivity index (χ1n) is 5.90. The molecule has 4 nitrogen and oxygen atoms in total. The number of carbonyl (C=O) groups is 1. The van der Waals surface area contributed by atoms with E-state index in [0.29, 0.717) is 11.3 Å². The molecule has 0 bridgehead atoms. The van der Waals surface area contributed by atoms with Crippen molar-refractivity contribution in [2.45, 2.75) is 0 Å². The van der Waals surface area contributed by atoms with Crippen LogP contribution in [0.5, 0.6) is 0 Å². The van der Waals surface area contributed by atoms with Crippen molar-refractivity contribution in [2.24, 2.45) is 0 Å². The Bertz CT molecular complexity index is 636. The van der Waals surface area contributed by atoms with Crippen LogP contribution >= 0.6 is 0 Å². The number of carbonyl (C=O) groups excluding carboxylic acids is 1.